The van der Waals surface area contributed by atoms with Crippen LogP contribution in [0.15, 0.2) is 89.4 Å². The van der Waals surface area contributed by atoms with Crippen LogP contribution in [-0.4, -0.2) is 35.0 Å². The summed E-state index contributed by atoms with van der Waals surface area (Å²) >= 11 is 0. The van der Waals surface area contributed by atoms with Gasteiger partial charge >= 0.3 is 0 Å². The number of hydrogen-bond donors (Lipinski definition) is 5. The lowest BCUT2D eigenvalue weighted by Gasteiger charge is -2.29. The van der Waals surface area contributed by atoms with Crippen molar-refractivity contribution < 1.29 is 18.7 Å². The zero-order valence-electron chi connectivity index (χ0n) is 20.6. The molecule has 2 heterocycles. The zero-order chi connectivity index (χ0) is 27.1. The molecule has 0 radical (unpaired) electrons. The third kappa shape index (κ3) is 6.25. The maximum Gasteiger partial charge on any atom is 0.254 e. The first-order valence-electron chi connectivity index (χ1n) is 11.9. The molecule has 2 aromatic carbocycles. The van der Waals surface area contributed by atoms with E-state index in [1.165, 1.54) is 18.3 Å². The van der Waals surface area contributed by atoms with Gasteiger partial charge in [-0.05, 0) is 36.2 Å². The van der Waals surface area contributed by atoms with E-state index in [0.29, 0.717) is 17.7 Å². The molecule has 2 unspecified atom stereocenters. The Labute approximate surface area is 219 Å². The van der Waals surface area contributed by atoms with Gasteiger partial charge in [-0.3, -0.25) is 19.9 Å². The molecule has 10 nitrogen and oxygen atoms in total. The van der Waals surface area contributed by atoms with Crippen molar-refractivity contribution in [2.45, 2.75) is 32.2 Å². The first kappa shape index (κ1) is 26.1. The Balaban J connectivity index is 1.68. The monoisotopic (exact) mass is 517 g/mol. The van der Waals surface area contributed by atoms with Gasteiger partial charge in [0.05, 0.1) is 0 Å². The molecule has 7 N–H and O–H groups in total. The van der Waals surface area contributed by atoms with E-state index in [-0.39, 0.29) is 29.7 Å². The quantitative estimate of drug-likeness (QED) is 0.276. The SMILES string of the molecule is CCC(NC1=NC(Nc2cccc(-c3ncccc3F)c2)C(C(N)=O)=C(OCc2ccccc2)N1)C(N)=O. The van der Waals surface area contributed by atoms with Crippen LogP contribution in [0.5, 0.6) is 0 Å². The van der Waals surface area contributed by atoms with Gasteiger partial charge in [0.25, 0.3) is 5.91 Å². The van der Waals surface area contributed by atoms with E-state index in [2.05, 4.69) is 25.9 Å². The second-order valence-electron chi connectivity index (χ2n) is 8.45. The van der Waals surface area contributed by atoms with Gasteiger partial charge in [0.15, 0.2) is 6.17 Å². The lowest BCUT2D eigenvalue weighted by molar-refractivity contribution is -0.119. The highest BCUT2D eigenvalue weighted by molar-refractivity contribution is 5.98. The number of carbonyl (C=O) groups excluding carboxylic acids is 2. The molecule has 0 aliphatic carbocycles. The predicted octanol–water partition coefficient (Wildman–Crippen LogP) is 2.35. The van der Waals surface area contributed by atoms with E-state index in [9.17, 15) is 14.0 Å². The minimum atomic E-state index is -1.00. The average molecular weight is 518 g/mol. The molecule has 0 spiro atoms. The molecule has 38 heavy (non-hydrogen) atoms. The lowest BCUT2D eigenvalue weighted by Crippen LogP contribution is -2.52. The van der Waals surface area contributed by atoms with Gasteiger partial charge in [-0.15, -0.1) is 0 Å². The zero-order valence-corrected chi connectivity index (χ0v) is 20.6. The molecule has 1 aromatic heterocycles. The molecular formula is C27H28FN7O3. The maximum absolute atomic E-state index is 14.3. The lowest BCUT2D eigenvalue weighted by atomic mass is 10.1. The van der Waals surface area contributed by atoms with Crippen molar-refractivity contribution in [1.82, 2.24) is 15.6 Å². The molecule has 1 aliphatic heterocycles. The highest BCUT2D eigenvalue weighted by Crippen LogP contribution is 2.26. The Hall–Kier alpha value is -4.93. The van der Waals surface area contributed by atoms with Crippen molar-refractivity contribution in [1.29, 1.82) is 0 Å². The van der Waals surface area contributed by atoms with Gasteiger partial charge in [-0.25, -0.2) is 9.38 Å². The Bertz CT molecular complexity index is 1380. The van der Waals surface area contributed by atoms with Crippen LogP contribution in [-0.2, 0) is 20.9 Å². The van der Waals surface area contributed by atoms with Crippen molar-refractivity contribution in [3.05, 3.63) is 95.8 Å². The summed E-state index contributed by atoms with van der Waals surface area (Å²) < 4.78 is 20.3. The molecular weight excluding hydrogens is 489 g/mol. The van der Waals surface area contributed by atoms with Crippen molar-refractivity contribution in [3.63, 3.8) is 0 Å². The molecule has 11 heteroatoms. The number of amides is 2. The van der Waals surface area contributed by atoms with Crippen molar-refractivity contribution in [3.8, 4) is 11.3 Å². The van der Waals surface area contributed by atoms with Crippen molar-refractivity contribution >= 4 is 23.5 Å². The number of halogens is 1. The number of nitrogens with two attached hydrogens (primary N) is 2. The van der Waals surface area contributed by atoms with Crippen LogP contribution in [0.2, 0.25) is 0 Å². The third-order valence-electron chi connectivity index (χ3n) is 5.76. The molecule has 0 bridgehead atoms. The van der Waals surface area contributed by atoms with E-state index in [1.807, 2.05) is 30.3 Å². The number of nitrogens with zero attached hydrogens (tertiary/aromatic N) is 2. The maximum atomic E-state index is 14.3. The number of aromatic nitrogens is 1. The molecule has 0 fully saturated rings. The molecule has 0 saturated heterocycles. The number of anilines is 1. The van der Waals surface area contributed by atoms with Gasteiger partial charge in [0.2, 0.25) is 17.7 Å². The van der Waals surface area contributed by atoms with Gasteiger partial charge in [-0.1, -0.05) is 49.4 Å². The Morgan fingerprint density at radius 2 is 1.89 bits per heavy atom. The summed E-state index contributed by atoms with van der Waals surface area (Å²) in [4.78, 5) is 33.1. The Morgan fingerprint density at radius 1 is 1.11 bits per heavy atom. The van der Waals surface area contributed by atoms with Crippen LogP contribution < -0.4 is 27.4 Å². The molecule has 196 valence electrons. The Morgan fingerprint density at radius 3 is 2.58 bits per heavy atom. The van der Waals surface area contributed by atoms with Crippen LogP contribution >= 0.6 is 0 Å². The van der Waals surface area contributed by atoms with E-state index in [0.717, 1.165) is 5.56 Å². The molecule has 2 amide bonds. The first-order chi connectivity index (χ1) is 18.4. The summed E-state index contributed by atoms with van der Waals surface area (Å²) in [6.45, 7) is 1.93. The molecule has 2 atom stereocenters. The summed E-state index contributed by atoms with van der Waals surface area (Å²) in [7, 11) is 0. The second kappa shape index (κ2) is 11.9. The average Bonchev–Trinajstić information content (AvgIpc) is 2.91. The number of ether oxygens (including phenoxy) is 1. The topological polar surface area (TPSA) is 157 Å². The summed E-state index contributed by atoms with van der Waals surface area (Å²) in [6.07, 6.45) is 0.898. The second-order valence-corrected chi connectivity index (χ2v) is 8.45. The minimum Gasteiger partial charge on any atom is -0.474 e. The number of carbonyl (C=O) groups is 2. The molecule has 1 aliphatic rings. The summed E-state index contributed by atoms with van der Waals surface area (Å²) in [5.41, 5.74) is 13.4. The largest absolute Gasteiger partial charge is 0.474 e. The Kier molecular flexibility index (Phi) is 8.17. The number of rotatable bonds is 10. The first-order valence-corrected chi connectivity index (χ1v) is 11.9. The summed E-state index contributed by atoms with van der Waals surface area (Å²) in [6, 6.07) is 18.3. The predicted molar refractivity (Wildman–Crippen MR) is 141 cm³/mol. The van der Waals surface area contributed by atoms with Gasteiger partial charge in [-0.2, -0.15) is 0 Å². The van der Waals surface area contributed by atoms with Crippen LogP contribution in [0.25, 0.3) is 11.3 Å². The van der Waals surface area contributed by atoms with E-state index < -0.39 is 29.8 Å². The normalized spacial score (nSPS) is 15.6. The highest BCUT2D eigenvalue weighted by atomic mass is 19.1. The molecule has 0 saturated carbocycles. The van der Waals surface area contributed by atoms with Crippen LogP contribution in [0.1, 0.15) is 18.9 Å². The van der Waals surface area contributed by atoms with Crippen molar-refractivity contribution in [2.24, 2.45) is 16.5 Å². The van der Waals surface area contributed by atoms with Crippen molar-refractivity contribution in [2.75, 3.05) is 5.32 Å². The van der Waals surface area contributed by atoms with E-state index in [1.54, 1.807) is 31.2 Å². The smallest absolute Gasteiger partial charge is 0.254 e. The van der Waals surface area contributed by atoms with Crippen LogP contribution in [0.3, 0.4) is 0 Å². The third-order valence-corrected chi connectivity index (χ3v) is 5.76. The van der Waals surface area contributed by atoms with Gasteiger partial charge in [0, 0.05) is 17.4 Å². The fourth-order valence-corrected chi connectivity index (χ4v) is 3.84. The summed E-state index contributed by atoms with van der Waals surface area (Å²) in [5.74, 6) is -1.57. The number of nitrogens with one attached hydrogen (secondary N) is 3. The van der Waals surface area contributed by atoms with E-state index in [4.69, 9.17) is 16.2 Å². The van der Waals surface area contributed by atoms with Gasteiger partial charge < -0.3 is 26.8 Å². The highest BCUT2D eigenvalue weighted by Gasteiger charge is 2.31. The van der Waals surface area contributed by atoms with E-state index >= 15 is 0 Å². The number of pyridine rings is 1. The fraction of sp³-hybridized carbons (Fsp3) is 0.185. The number of benzene rings is 2. The molecule has 3 aromatic rings. The number of aliphatic imine (C=N–C) groups is 1. The minimum absolute atomic E-state index is 0.0352. The fourth-order valence-electron chi connectivity index (χ4n) is 3.84. The standard InChI is InChI=1S/C27H28FN7O3/c1-2-20(23(29)36)33-27-34-25(21(24(30)37)26(35-27)38-15-16-8-4-3-5-9-16)32-18-11-6-10-17(14-18)22-19(28)12-7-13-31-22/h3-14,20,25,32H,2,15H2,1H3,(H2,29,36)(H2,30,37)(H2,33,34,35). The van der Waals surface area contributed by atoms with Crippen LogP contribution in [0, 0.1) is 5.82 Å². The number of hydrogen-bond acceptors (Lipinski definition) is 8. The number of primary amides is 2. The number of guanidine groups is 1. The van der Waals surface area contributed by atoms with Crippen LogP contribution in [0.4, 0.5) is 10.1 Å². The van der Waals surface area contributed by atoms with Gasteiger partial charge in [0.1, 0.15) is 29.7 Å². The molecule has 4 rings (SSSR count). The summed E-state index contributed by atoms with van der Waals surface area (Å²) in [5, 5.41) is 9.02.